The first-order chi connectivity index (χ1) is 12.5. The van der Waals surface area contributed by atoms with Gasteiger partial charge in [-0.05, 0) is 29.6 Å². The van der Waals surface area contributed by atoms with Gasteiger partial charge < -0.3 is 14.8 Å². The Kier molecular flexibility index (Phi) is 5.85. The second-order valence-corrected chi connectivity index (χ2v) is 8.06. The third-order valence-corrected chi connectivity index (χ3v) is 5.74. The maximum atomic E-state index is 12.4. The quantitative estimate of drug-likeness (QED) is 0.626. The number of hydrogen-bond acceptors (Lipinski definition) is 6. The van der Waals surface area contributed by atoms with Gasteiger partial charge in [-0.15, -0.1) is 21.5 Å². The molecule has 0 radical (unpaired) electrons. The molecule has 0 saturated carbocycles. The molecule has 2 aromatic heterocycles. The number of carbonyl (C=O) groups is 1. The molecule has 0 bridgehead atoms. The maximum Gasteiger partial charge on any atom is 0.234 e. The van der Waals surface area contributed by atoms with Crippen molar-refractivity contribution in [3.05, 3.63) is 40.7 Å². The zero-order valence-corrected chi connectivity index (χ0v) is 17.0. The Morgan fingerprint density at radius 2 is 2.15 bits per heavy atom. The standard InChI is InChI=1S/C17H18ClN5OS2/c1-22(2)13-7-6-11(18)9-12(13)19-15(24)10-26-17-21-20-16(23(17)3)14-5-4-8-25-14/h4-9H,10H2,1-3H3,(H,19,24). The number of thiophene rings is 1. The van der Waals surface area contributed by atoms with Gasteiger partial charge in [0.2, 0.25) is 5.91 Å². The molecule has 26 heavy (non-hydrogen) atoms. The van der Waals surface area contributed by atoms with Gasteiger partial charge in [-0.2, -0.15) is 0 Å². The summed E-state index contributed by atoms with van der Waals surface area (Å²) in [5.41, 5.74) is 1.58. The van der Waals surface area contributed by atoms with Crippen LogP contribution in [0, 0.1) is 0 Å². The molecule has 0 saturated heterocycles. The third kappa shape index (κ3) is 4.20. The van der Waals surface area contributed by atoms with Gasteiger partial charge in [0, 0.05) is 26.2 Å². The lowest BCUT2D eigenvalue weighted by Gasteiger charge is -2.18. The van der Waals surface area contributed by atoms with E-state index in [4.69, 9.17) is 11.6 Å². The van der Waals surface area contributed by atoms with Crippen LogP contribution < -0.4 is 10.2 Å². The number of amides is 1. The number of thioether (sulfide) groups is 1. The average Bonchev–Trinajstić information content (AvgIpc) is 3.22. The molecule has 3 aromatic rings. The van der Waals surface area contributed by atoms with Crippen molar-refractivity contribution in [2.45, 2.75) is 5.16 Å². The first kappa shape index (κ1) is 18.8. The van der Waals surface area contributed by atoms with E-state index < -0.39 is 0 Å². The number of carbonyl (C=O) groups excluding carboxylic acids is 1. The van der Waals surface area contributed by atoms with E-state index in [9.17, 15) is 4.79 Å². The average molecular weight is 408 g/mol. The summed E-state index contributed by atoms with van der Waals surface area (Å²) in [5, 5.41) is 14.6. The Morgan fingerprint density at radius 1 is 1.35 bits per heavy atom. The fraction of sp³-hybridized carbons (Fsp3) is 0.235. The largest absolute Gasteiger partial charge is 0.376 e. The van der Waals surface area contributed by atoms with Crippen molar-refractivity contribution in [2.75, 3.05) is 30.1 Å². The van der Waals surface area contributed by atoms with E-state index in [1.807, 2.05) is 54.2 Å². The van der Waals surface area contributed by atoms with Crippen molar-refractivity contribution >= 4 is 52.0 Å². The van der Waals surface area contributed by atoms with Crippen molar-refractivity contribution in [3.63, 3.8) is 0 Å². The number of benzene rings is 1. The Bertz CT molecular complexity index is 908. The third-order valence-electron chi connectivity index (χ3n) is 3.62. The van der Waals surface area contributed by atoms with Crippen LogP contribution in [0.2, 0.25) is 5.02 Å². The van der Waals surface area contributed by atoms with E-state index >= 15 is 0 Å². The highest BCUT2D eigenvalue weighted by Gasteiger charge is 2.14. The van der Waals surface area contributed by atoms with Crippen LogP contribution >= 0.6 is 34.7 Å². The molecule has 1 aromatic carbocycles. The molecular weight excluding hydrogens is 390 g/mol. The minimum atomic E-state index is -0.124. The molecule has 1 amide bonds. The molecule has 0 aliphatic heterocycles. The topological polar surface area (TPSA) is 63.1 Å². The number of aromatic nitrogens is 3. The molecule has 9 heteroatoms. The predicted molar refractivity (Wildman–Crippen MR) is 109 cm³/mol. The molecule has 6 nitrogen and oxygen atoms in total. The summed E-state index contributed by atoms with van der Waals surface area (Å²) >= 11 is 9.01. The Morgan fingerprint density at radius 3 is 2.85 bits per heavy atom. The van der Waals surface area contributed by atoms with E-state index in [-0.39, 0.29) is 11.7 Å². The van der Waals surface area contributed by atoms with Crippen LogP contribution in [0.15, 0.2) is 40.9 Å². The summed E-state index contributed by atoms with van der Waals surface area (Å²) in [5.74, 6) is 0.907. The highest BCUT2D eigenvalue weighted by Crippen LogP contribution is 2.29. The summed E-state index contributed by atoms with van der Waals surface area (Å²) < 4.78 is 1.90. The fourth-order valence-corrected chi connectivity index (χ4v) is 4.00. The number of nitrogens with one attached hydrogen (secondary N) is 1. The van der Waals surface area contributed by atoms with Crippen molar-refractivity contribution in [1.82, 2.24) is 14.8 Å². The van der Waals surface area contributed by atoms with E-state index in [1.165, 1.54) is 11.8 Å². The number of hydrogen-bond donors (Lipinski definition) is 1. The highest BCUT2D eigenvalue weighted by atomic mass is 35.5. The number of anilines is 2. The van der Waals surface area contributed by atoms with Gasteiger partial charge in [-0.3, -0.25) is 4.79 Å². The van der Waals surface area contributed by atoms with Crippen molar-refractivity contribution < 1.29 is 4.79 Å². The van der Waals surface area contributed by atoms with Crippen LogP contribution in [0.1, 0.15) is 0 Å². The molecular formula is C17H18ClN5OS2. The molecule has 136 valence electrons. The Hall–Kier alpha value is -2.03. The van der Waals surface area contributed by atoms with E-state index in [0.717, 1.165) is 16.4 Å². The van der Waals surface area contributed by atoms with E-state index in [1.54, 1.807) is 23.5 Å². The van der Waals surface area contributed by atoms with Crippen molar-refractivity contribution in [2.24, 2.45) is 7.05 Å². The molecule has 0 aliphatic rings. The molecule has 0 aliphatic carbocycles. The van der Waals surface area contributed by atoms with Gasteiger partial charge in [-0.1, -0.05) is 29.4 Å². The fourth-order valence-electron chi connectivity index (χ4n) is 2.38. The summed E-state index contributed by atoms with van der Waals surface area (Å²) in [6.45, 7) is 0. The van der Waals surface area contributed by atoms with Gasteiger partial charge in [-0.25, -0.2) is 0 Å². The lowest BCUT2D eigenvalue weighted by Crippen LogP contribution is -2.18. The van der Waals surface area contributed by atoms with Gasteiger partial charge in [0.05, 0.1) is 22.0 Å². The zero-order chi connectivity index (χ0) is 18.7. The molecule has 0 spiro atoms. The predicted octanol–water partition coefficient (Wildman–Crippen LogP) is 3.99. The van der Waals surface area contributed by atoms with Crippen LogP contribution in [-0.2, 0) is 11.8 Å². The maximum absolute atomic E-state index is 12.4. The number of rotatable bonds is 6. The first-order valence-electron chi connectivity index (χ1n) is 7.78. The monoisotopic (exact) mass is 407 g/mol. The number of nitrogens with zero attached hydrogens (tertiary/aromatic N) is 4. The van der Waals surface area contributed by atoms with Gasteiger partial charge in [0.25, 0.3) is 0 Å². The minimum Gasteiger partial charge on any atom is -0.376 e. The zero-order valence-electron chi connectivity index (χ0n) is 14.6. The second-order valence-electron chi connectivity index (χ2n) is 5.74. The number of halogens is 1. The summed E-state index contributed by atoms with van der Waals surface area (Å²) in [4.78, 5) is 15.3. The minimum absolute atomic E-state index is 0.124. The Balaban J connectivity index is 1.66. The molecule has 0 atom stereocenters. The van der Waals surface area contributed by atoms with Gasteiger partial charge >= 0.3 is 0 Å². The van der Waals surface area contributed by atoms with Crippen LogP contribution in [0.5, 0.6) is 0 Å². The summed E-state index contributed by atoms with van der Waals surface area (Å²) in [7, 11) is 5.73. The molecule has 0 unspecified atom stereocenters. The van der Waals surface area contributed by atoms with Gasteiger partial charge in [0.1, 0.15) is 0 Å². The SMILES string of the molecule is CN(C)c1ccc(Cl)cc1NC(=O)CSc1nnc(-c2cccs2)n1C. The van der Waals surface area contributed by atoms with Crippen LogP contribution in [0.3, 0.4) is 0 Å². The smallest absolute Gasteiger partial charge is 0.234 e. The Labute approximate surface area is 165 Å². The van der Waals surface area contributed by atoms with Crippen molar-refractivity contribution in [1.29, 1.82) is 0 Å². The van der Waals surface area contributed by atoms with Crippen LogP contribution in [-0.4, -0.2) is 40.5 Å². The van der Waals surface area contributed by atoms with E-state index in [0.29, 0.717) is 15.9 Å². The molecule has 3 rings (SSSR count). The molecule has 1 N–H and O–H groups in total. The van der Waals surface area contributed by atoms with Crippen molar-refractivity contribution in [3.8, 4) is 10.7 Å². The lowest BCUT2D eigenvalue weighted by molar-refractivity contribution is -0.113. The van der Waals surface area contributed by atoms with E-state index in [2.05, 4.69) is 15.5 Å². The lowest BCUT2D eigenvalue weighted by atomic mass is 10.2. The first-order valence-corrected chi connectivity index (χ1v) is 10.0. The summed E-state index contributed by atoms with van der Waals surface area (Å²) in [6, 6.07) is 9.39. The molecule has 2 heterocycles. The van der Waals surface area contributed by atoms with Gasteiger partial charge in [0.15, 0.2) is 11.0 Å². The highest BCUT2D eigenvalue weighted by molar-refractivity contribution is 7.99. The van der Waals surface area contributed by atoms with Crippen LogP contribution in [0.25, 0.3) is 10.7 Å². The second kappa shape index (κ2) is 8.11. The normalized spacial score (nSPS) is 10.8. The van der Waals surface area contributed by atoms with Crippen LogP contribution in [0.4, 0.5) is 11.4 Å². The summed E-state index contributed by atoms with van der Waals surface area (Å²) in [6.07, 6.45) is 0. The molecule has 0 fully saturated rings.